The first-order chi connectivity index (χ1) is 11.8. The second kappa shape index (κ2) is 7.32. The van der Waals surface area contributed by atoms with Crippen LogP contribution < -0.4 is 5.32 Å². The Kier molecular flexibility index (Phi) is 5.32. The van der Waals surface area contributed by atoms with Crippen LogP contribution in [0.15, 0.2) is 0 Å². The zero-order valence-electron chi connectivity index (χ0n) is 15.3. The molecular formula is C18H27N3O3S. The van der Waals surface area contributed by atoms with Gasteiger partial charge in [-0.2, -0.15) is 0 Å². The molecule has 25 heavy (non-hydrogen) atoms. The minimum Gasteiger partial charge on any atom is -0.444 e. The summed E-state index contributed by atoms with van der Waals surface area (Å²) in [7, 11) is 0. The van der Waals surface area contributed by atoms with E-state index in [1.165, 1.54) is 24.2 Å². The Hall–Kier alpha value is -1.63. The van der Waals surface area contributed by atoms with E-state index in [1.54, 1.807) is 4.90 Å². The molecule has 1 aromatic heterocycles. The number of rotatable bonds is 3. The van der Waals surface area contributed by atoms with Crippen molar-refractivity contribution in [2.45, 2.75) is 71.4 Å². The molecule has 1 N–H and O–H groups in total. The molecule has 1 aromatic rings. The van der Waals surface area contributed by atoms with Crippen LogP contribution in [0.1, 0.15) is 63.4 Å². The summed E-state index contributed by atoms with van der Waals surface area (Å²) in [5.41, 5.74) is 0.491. The van der Waals surface area contributed by atoms with Gasteiger partial charge in [0.2, 0.25) is 5.91 Å². The van der Waals surface area contributed by atoms with Crippen molar-refractivity contribution in [3.63, 3.8) is 0 Å². The highest BCUT2D eigenvalue weighted by molar-refractivity contribution is 7.15. The highest BCUT2D eigenvalue weighted by Crippen LogP contribution is 2.31. The van der Waals surface area contributed by atoms with Crippen molar-refractivity contribution < 1.29 is 14.3 Å². The minimum absolute atomic E-state index is 0.0574. The summed E-state index contributed by atoms with van der Waals surface area (Å²) in [5.74, 6) is 0.583. The number of fused-ring (bicyclic) bond motifs is 1. The van der Waals surface area contributed by atoms with Crippen LogP contribution in [0.2, 0.25) is 0 Å². The molecule has 1 saturated carbocycles. The van der Waals surface area contributed by atoms with Crippen molar-refractivity contribution >= 4 is 28.5 Å². The van der Waals surface area contributed by atoms with Gasteiger partial charge in [-0.05, 0) is 39.5 Å². The fraction of sp³-hybridized carbons (Fsp3) is 0.722. The molecule has 2 amide bonds. The third-order valence-corrected chi connectivity index (χ3v) is 5.58. The van der Waals surface area contributed by atoms with Crippen LogP contribution in [0, 0.1) is 5.92 Å². The predicted molar refractivity (Wildman–Crippen MR) is 97.7 cm³/mol. The highest BCUT2D eigenvalue weighted by atomic mass is 32.1. The number of ether oxygens (including phenoxy) is 1. The number of hydrogen-bond acceptors (Lipinski definition) is 5. The van der Waals surface area contributed by atoms with Gasteiger partial charge in [0.25, 0.3) is 0 Å². The summed E-state index contributed by atoms with van der Waals surface area (Å²) >= 11 is 1.47. The number of carbonyl (C=O) groups excluding carboxylic acids is 2. The zero-order valence-corrected chi connectivity index (χ0v) is 16.1. The molecule has 0 radical (unpaired) electrons. The molecule has 0 unspecified atom stereocenters. The van der Waals surface area contributed by atoms with Crippen molar-refractivity contribution in [2.75, 3.05) is 11.9 Å². The first kappa shape index (κ1) is 18.2. The number of amides is 2. The molecule has 2 heterocycles. The zero-order chi connectivity index (χ0) is 18.0. The lowest BCUT2D eigenvalue weighted by Gasteiger charge is -2.29. The molecule has 2 aliphatic rings. The van der Waals surface area contributed by atoms with Crippen LogP contribution in [0.3, 0.4) is 0 Å². The quantitative estimate of drug-likeness (QED) is 0.880. The first-order valence-electron chi connectivity index (χ1n) is 9.06. The Balaban J connectivity index is 1.57. The van der Waals surface area contributed by atoms with E-state index in [4.69, 9.17) is 4.74 Å². The Morgan fingerprint density at radius 1 is 1.32 bits per heavy atom. The Morgan fingerprint density at radius 2 is 2.04 bits per heavy atom. The number of anilines is 1. The molecule has 1 aliphatic heterocycles. The van der Waals surface area contributed by atoms with Gasteiger partial charge in [-0.15, -0.1) is 0 Å². The Morgan fingerprint density at radius 3 is 2.72 bits per heavy atom. The number of aromatic nitrogens is 1. The molecule has 0 saturated heterocycles. The third-order valence-electron chi connectivity index (χ3n) is 4.58. The lowest BCUT2D eigenvalue weighted by atomic mass is 10.0. The maximum Gasteiger partial charge on any atom is 0.410 e. The van der Waals surface area contributed by atoms with Crippen molar-refractivity contribution in [1.29, 1.82) is 0 Å². The van der Waals surface area contributed by atoms with Crippen LogP contribution in [0.5, 0.6) is 0 Å². The number of nitrogens with zero attached hydrogens (tertiary/aromatic N) is 2. The van der Waals surface area contributed by atoms with Crippen LogP contribution in [-0.2, 0) is 22.5 Å². The maximum absolute atomic E-state index is 12.2. The lowest BCUT2D eigenvalue weighted by molar-refractivity contribution is -0.117. The van der Waals surface area contributed by atoms with Crippen LogP contribution in [-0.4, -0.2) is 34.0 Å². The molecule has 0 bridgehead atoms. The SMILES string of the molecule is CC(C)(C)OC(=O)N1CCc2nc(NC(=O)CC3CCCC3)sc2C1. The Bertz CT molecular complexity index is 644. The van der Waals surface area contributed by atoms with Crippen LogP contribution in [0.4, 0.5) is 9.93 Å². The predicted octanol–water partition coefficient (Wildman–Crippen LogP) is 3.96. The topological polar surface area (TPSA) is 71.5 Å². The third kappa shape index (κ3) is 4.93. The molecule has 3 rings (SSSR count). The molecule has 1 aliphatic carbocycles. The van der Waals surface area contributed by atoms with Crippen molar-refractivity contribution in [1.82, 2.24) is 9.88 Å². The number of nitrogens with one attached hydrogen (secondary N) is 1. The molecule has 1 fully saturated rings. The van der Waals surface area contributed by atoms with Crippen molar-refractivity contribution in [3.05, 3.63) is 10.6 Å². The highest BCUT2D eigenvalue weighted by Gasteiger charge is 2.28. The molecule has 7 heteroatoms. The molecule has 138 valence electrons. The standard InChI is InChI=1S/C18H27N3O3S/c1-18(2,3)24-17(23)21-9-8-13-14(11-21)25-16(19-13)20-15(22)10-12-6-4-5-7-12/h12H,4-11H2,1-3H3,(H,19,20,22). The van der Waals surface area contributed by atoms with Gasteiger partial charge in [-0.3, -0.25) is 4.79 Å². The average Bonchev–Trinajstić information content (AvgIpc) is 3.13. The van der Waals surface area contributed by atoms with Crippen LogP contribution in [0.25, 0.3) is 0 Å². The number of carbonyl (C=O) groups is 2. The van der Waals surface area contributed by atoms with Gasteiger partial charge in [0.15, 0.2) is 5.13 Å². The van der Waals surface area contributed by atoms with E-state index in [-0.39, 0.29) is 12.0 Å². The molecule has 0 aromatic carbocycles. The first-order valence-corrected chi connectivity index (χ1v) is 9.88. The summed E-state index contributed by atoms with van der Waals surface area (Å²) < 4.78 is 5.44. The van der Waals surface area contributed by atoms with Gasteiger partial charge >= 0.3 is 6.09 Å². The van der Waals surface area contributed by atoms with E-state index in [9.17, 15) is 9.59 Å². The summed E-state index contributed by atoms with van der Waals surface area (Å²) in [5, 5.41) is 3.59. The van der Waals surface area contributed by atoms with Gasteiger partial charge in [0.05, 0.1) is 12.2 Å². The lowest BCUT2D eigenvalue weighted by Crippen LogP contribution is -2.39. The van der Waals surface area contributed by atoms with Gasteiger partial charge in [-0.1, -0.05) is 24.2 Å². The molecule has 6 nitrogen and oxygen atoms in total. The van der Waals surface area contributed by atoms with Gasteiger partial charge in [0, 0.05) is 24.3 Å². The number of hydrogen-bond donors (Lipinski definition) is 1. The van der Waals surface area contributed by atoms with E-state index < -0.39 is 5.60 Å². The molecular weight excluding hydrogens is 338 g/mol. The monoisotopic (exact) mass is 365 g/mol. The van der Waals surface area contributed by atoms with Crippen molar-refractivity contribution in [3.8, 4) is 0 Å². The fourth-order valence-electron chi connectivity index (χ4n) is 3.38. The van der Waals surface area contributed by atoms with Crippen molar-refractivity contribution in [2.24, 2.45) is 5.92 Å². The van der Waals surface area contributed by atoms with E-state index in [1.807, 2.05) is 20.8 Å². The second-order valence-electron chi connectivity index (χ2n) is 7.94. The second-order valence-corrected chi connectivity index (χ2v) is 9.03. The normalized spacial score (nSPS) is 18.1. The van der Waals surface area contributed by atoms with Gasteiger partial charge in [-0.25, -0.2) is 9.78 Å². The summed E-state index contributed by atoms with van der Waals surface area (Å²) in [4.78, 5) is 31.7. The summed E-state index contributed by atoms with van der Waals surface area (Å²) in [6.07, 6.45) is 5.80. The fourth-order valence-corrected chi connectivity index (χ4v) is 4.42. The molecule has 0 spiro atoms. The van der Waals surface area contributed by atoms with E-state index in [0.717, 1.165) is 23.4 Å². The average molecular weight is 365 g/mol. The number of thiazole rings is 1. The van der Waals surface area contributed by atoms with Crippen LogP contribution >= 0.6 is 11.3 Å². The van der Waals surface area contributed by atoms with Gasteiger partial charge < -0.3 is 15.0 Å². The molecule has 0 atom stereocenters. The van der Waals surface area contributed by atoms with E-state index >= 15 is 0 Å². The van der Waals surface area contributed by atoms with Gasteiger partial charge in [0.1, 0.15) is 5.60 Å². The summed E-state index contributed by atoms with van der Waals surface area (Å²) in [6, 6.07) is 0. The minimum atomic E-state index is -0.496. The maximum atomic E-state index is 12.2. The smallest absolute Gasteiger partial charge is 0.410 e. The Labute approximate surface area is 153 Å². The van der Waals surface area contributed by atoms with E-state index in [0.29, 0.717) is 37.0 Å². The summed E-state index contributed by atoms with van der Waals surface area (Å²) in [6.45, 7) is 6.70. The van der Waals surface area contributed by atoms with E-state index in [2.05, 4.69) is 10.3 Å². The largest absolute Gasteiger partial charge is 0.444 e.